The summed E-state index contributed by atoms with van der Waals surface area (Å²) in [4.78, 5) is 0. The molecule has 70 valence electrons. The maximum absolute atomic E-state index is 5.81. The maximum atomic E-state index is 5.81. The molecule has 1 atom stereocenters. The molecule has 1 aromatic carbocycles. The summed E-state index contributed by atoms with van der Waals surface area (Å²) in [5.41, 5.74) is 0. The molecule has 1 saturated heterocycles. The Balaban J connectivity index is 2.00. The lowest BCUT2D eigenvalue weighted by Crippen LogP contribution is -2.13. The summed E-state index contributed by atoms with van der Waals surface area (Å²) >= 11 is 5.81. The zero-order chi connectivity index (χ0) is 9.10. The summed E-state index contributed by atoms with van der Waals surface area (Å²) in [7, 11) is 0. The van der Waals surface area contributed by atoms with Crippen molar-refractivity contribution >= 4 is 11.6 Å². The van der Waals surface area contributed by atoms with Gasteiger partial charge in [0.05, 0.1) is 6.61 Å². The van der Waals surface area contributed by atoms with Gasteiger partial charge in [0.25, 0.3) is 0 Å². The topological polar surface area (TPSA) is 18.5 Å². The highest BCUT2D eigenvalue weighted by Crippen LogP contribution is 2.21. The van der Waals surface area contributed by atoms with Crippen molar-refractivity contribution in [3.05, 3.63) is 29.3 Å². The molecule has 0 aromatic heterocycles. The number of hydrogen-bond donors (Lipinski definition) is 0. The van der Waals surface area contributed by atoms with Crippen molar-refractivity contribution in [1.82, 2.24) is 0 Å². The van der Waals surface area contributed by atoms with Crippen LogP contribution >= 0.6 is 11.6 Å². The number of halogens is 1. The first-order valence-electron chi connectivity index (χ1n) is 4.38. The molecule has 2 rings (SSSR count). The molecule has 1 aliphatic heterocycles. The molecule has 1 unspecified atom stereocenters. The van der Waals surface area contributed by atoms with Crippen molar-refractivity contribution in [2.45, 2.75) is 19.1 Å². The quantitative estimate of drug-likeness (QED) is 0.728. The molecule has 0 saturated carbocycles. The Morgan fingerprint density at radius 1 is 1.46 bits per heavy atom. The van der Waals surface area contributed by atoms with E-state index in [0.717, 1.165) is 25.2 Å². The molecule has 1 fully saturated rings. The van der Waals surface area contributed by atoms with Crippen LogP contribution < -0.4 is 4.74 Å². The predicted molar refractivity (Wildman–Crippen MR) is 51.1 cm³/mol. The van der Waals surface area contributed by atoms with Gasteiger partial charge >= 0.3 is 0 Å². The molecule has 1 heterocycles. The minimum Gasteiger partial charge on any atom is -0.465 e. The number of rotatable bonds is 2. The average Bonchev–Trinajstić information content (AvgIpc) is 2.57. The van der Waals surface area contributed by atoms with E-state index in [1.165, 1.54) is 0 Å². The minimum atomic E-state index is -0.0848. The van der Waals surface area contributed by atoms with Gasteiger partial charge in [-0.3, -0.25) is 0 Å². The Morgan fingerprint density at radius 2 is 2.38 bits per heavy atom. The zero-order valence-corrected chi connectivity index (χ0v) is 7.96. The third-order valence-electron chi connectivity index (χ3n) is 1.95. The third-order valence-corrected chi connectivity index (χ3v) is 2.19. The zero-order valence-electron chi connectivity index (χ0n) is 7.20. The lowest BCUT2D eigenvalue weighted by Gasteiger charge is -2.12. The molecule has 0 spiro atoms. The summed E-state index contributed by atoms with van der Waals surface area (Å²) < 4.78 is 10.9. The second-order valence-electron chi connectivity index (χ2n) is 3.02. The van der Waals surface area contributed by atoms with Crippen LogP contribution in [0.1, 0.15) is 12.8 Å². The standard InChI is InChI=1S/C10H11ClO2/c11-8-3-1-4-9(7-8)13-10-5-2-6-12-10/h1,3-4,7,10H,2,5-6H2. The second-order valence-corrected chi connectivity index (χ2v) is 3.45. The van der Waals surface area contributed by atoms with Crippen LogP contribution in [-0.2, 0) is 4.74 Å². The first kappa shape index (κ1) is 8.85. The van der Waals surface area contributed by atoms with E-state index in [9.17, 15) is 0 Å². The van der Waals surface area contributed by atoms with Crippen LogP contribution in [0, 0.1) is 0 Å². The van der Waals surface area contributed by atoms with Crippen molar-refractivity contribution in [2.24, 2.45) is 0 Å². The normalized spacial score (nSPS) is 21.8. The molecule has 1 aromatic rings. The second kappa shape index (κ2) is 3.99. The highest BCUT2D eigenvalue weighted by molar-refractivity contribution is 6.30. The smallest absolute Gasteiger partial charge is 0.199 e. The Labute approximate surface area is 82.4 Å². The van der Waals surface area contributed by atoms with E-state index in [0.29, 0.717) is 5.02 Å². The lowest BCUT2D eigenvalue weighted by atomic mass is 10.3. The first-order chi connectivity index (χ1) is 6.34. The maximum Gasteiger partial charge on any atom is 0.199 e. The summed E-state index contributed by atoms with van der Waals surface area (Å²) in [6.07, 6.45) is 1.95. The first-order valence-corrected chi connectivity index (χ1v) is 4.76. The predicted octanol–water partition coefficient (Wildman–Crippen LogP) is 2.86. The number of ether oxygens (including phenoxy) is 2. The van der Waals surface area contributed by atoms with Crippen LogP contribution in [0.2, 0.25) is 5.02 Å². The molecule has 2 nitrogen and oxygen atoms in total. The van der Waals surface area contributed by atoms with Crippen LogP contribution in [-0.4, -0.2) is 12.9 Å². The van der Waals surface area contributed by atoms with Crippen LogP contribution in [0.4, 0.5) is 0 Å². The van der Waals surface area contributed by atoms with E-state index in [1.54, 1.807) is 6.07 Å². The Morgan fingerprint density at radius 3 is 3.08 bits per heavy atom. The van der Waals surface area contributed by atoms with Gasteiger partial charge in [-0.1, -0.05) is 17.7 Å². The van der Waals surface area contributed by atoms with Gasteiger partial charge in [0.2, 0.25) is 0 Å². The van der Waals surface area contributed by atoms with Crippen molar-refractivity contribution in [3.8, 4) is 5.75 Å². The van der Waals surface area contributed by atoms with Crippen molar-refractivity contribution in [3.63, 3.8) is 0 Å². The molecular formula is C10H11ClO2. The highest BCUT2D eigenvalue weighted by Gasteiger charge is 2.16. The molecule has 1 aliphatic rings. The van der Waals surface area contributed by atoms with Crippen LogP contribution in [0.25, 0.3) is 0 Å². The number of benzene rings is 1. The SMILES string of the molecule is Clc1cccc(OC2CCCO2)c1. The van der Waals surface area contributed by atoms with E-state index in [4.69, 9.17) is 21.1 Å². The minimum absolute atomic E-state index is 0.0848. The van der Waals surface area contributed by atoms with E-state index < -0.39 is 0 Å². The molecule has 3 heteroatoms. The fourth-order valence-corrected chi connectivity index (χ4v) is 1.51. The van der Waals surface area contributed by atoms with Crippen molar-refractivity contribution < 1.29 is 9.47 Å². The summed E-state index contributed by atoms with van der Waals surface area (Å²) in [5, 5.41) is 0.690. The van der Waals surface area contributed by atoms with Gasteiger partial charge in [0, 0.05) is 11.4 Å². The van der Waals surface area contributed by atoms with Crippen LogP contribution in [0.5, 0.6) is 5.75 Å². The monoisotopic (exact) mass is 198 g/mol. The molecular weight excluding hydrogens is 188 g/mol. The highest BCUT2D eigenvalue weighted by atomic mass is 35.5. The Hall–Kier alpha value is -0.730. The Bertz CT molecular complexity index is 282. The van der Waals surface area contributed by atoms with E-state index >= 15 is 0 Å². The van der Waals surface area contributed by atoms with E-state index in [1.807, 2.05) is 18.2 Å². The fraction of sp³-hybridized carbons (Fsp3) is 0.400. The number of hydrogen-bond acceptors (Lipinski definition) is 2. The fourth-order valence-electron chi connectivity index (χ4n) is 1.33. The molecule has 0 aliphatic carbocycles. The van der Waals surface area contributed by atoms with Gasteiger partial charge in [-0.25, -0.2) is 0 Å². The van der Waals surface area contributed by atoms with E-state index in [2.05, 4.69) is 0 Å². The summed E-state index contributed by atoms with van der Waals surface area (Å²) in [5.74, 6) is 0.777. The van der Waals surface area contributed by atoms with Gasteiger partial charge in [0.1, 0.15) is 5.75 Å². The van der Waals surface area contributed by atoms with E-state index in [-0.39, 0.29) is 6.29 Å². The molecule has 0 bridgehead atoms. The molecule has 13 heavy (non-hydrogen) atoms. The Kier molecular flexibility index (Phi) is 2.71. The molecule has 0 N–H and O–H groups in total. The lowest BCUT2D eigenvalue weighted by molar-refractivity contribution is -0.0390. The van der Waals surface area contributed by atoms with Gasteiger partial charge in [0.15, 0.2) is 6.29 Å². The largest absolute Gasteiger partial charge is 0.465 e. The van der Waals surface area contributed by atoms with Gasteiger partial charge in [-0.2, -0.15) is 0 Å². The third kappa shape index (κ3) is 2.36. The summed E-state index contributed by atoms with van der Waals surface area (Å²) in [6.45, 7) is 0.797. The van der Waals surface area contributed by atoms with Gasteiger partial charge < -0.3 is 9.47 Å². The van der Waals surface area contributed by atoms with Crippen molar-refractivity contribution in [1.29, 1.82) is 0 Å². The van der Waals surface area contributed by atoms with Crippen molar-refractivity contribution in [2.75, 3.05) is 6.61 Å². The van der Waals surface area contributed by atoms with Gasteiger partial charge in [-0.15, -0.1) is 0 Å². The molecule has 0 amide bonds. The molecule has 0 radical (unpaired) electrons. The van der Waals surface area contributed by atoms with Crippen LogP contribution in [0.15, 0.2) is 24.3 Å². The van der Waals surface area contributed by atoms with Crippen LogP contribution in [0.3, 0.4) is 0 Å². The van der Waals surface area contributed by atoms with Gasteiger partial charge in [-0.05, 0) is 24.6 Å². The average molecular weight is 199 g/mol. The summed E-state index contributed by atoms with van der Waals surface area (Å²) in [6, 6.07) is 7.37.